The van der Waals surface area contributed by atoms with E-state index in [0.717, 1.165) is 12.8 Å². The number of ketones is 1. The van der Waals surface area contributed by atoms with Crippen LogP contribution < -0.4 is 0 Å². The van der Waals surface area contributed by atoms with Crippen LogP contribution in [-0.4, -0.2) is 18.0 Å². The first kappa shape index (κ1) is 12.3. The summed E-state index contributed by atoms with van der Waals surface area (Å²) >= 11 is 0. The molecule has 0 radical (unpaired) electrons. The molecular weight excluding hydrogens is 212 g/mol. The van der Waals surface area contributed by atoms with Gasteiger partial charge in [-0.25, -0.2) is 0 Å². The summed E-state index contributed by atoms with van der Waals surface area (Å²) in [7, 11) is 0. The first-order valence-corrected chi connectivity index (χ1v) is 6.31. The number of carbonyl (C=O) groups excluding carboxylic acids is 1. The number of hydrogen-bond acceptors (Lipinski definition) is 2. The second-order valence-electron chi connectivity index (χ2n) is 5.03. The Bertz CT molecular complexity index is 403. The second kappa shape index (κ2) is 5.01. The van der Waals surface area contributed by atoms with E-state index in [4.69, 9.17) is 4.74 Å². The molecule has 0 N–H and O–H groups in total. The van der Waals surface area contributed by atoms with Crippen molar-refractivity contribution in [2.45, 2.75) is 52.2 Å². The maximum Gasteiger partial charge on any atom is 0.165 e. The van der Waals surface area contributed by atoms with E-state index in [1.807, 2.05) is 13.0 Å². The molecule has 1 heterocycles. The number of aryl methyl sites for hydroxylation is 2. The lowest BCUT2D eigenvalue weighted by molar-refractivity contribution is -0.128. The summed E-state index contributed by atoms with van der Waals surface area (Å²) in [6, 6.07) is 6.16. The average Bonchev–Trinajstić information content (AvgIpc) is 2.70. The third-order valence-electron chi connectivity index (χ3n) is 3.59. The minimum atomic E-state index is -0.177. The van der Waals surface area contributed by atoms with Crippen molar-refractivity contribution in [3.63, 3.8) is 0 Å². The van der Waals surface area contributed by atoms with Gasteiger partial charge < -0.3 is 4.74 Å². The van der Waals surface area contributed by atoms with E-state index in [9.17, 15) is 4.79 Å². The molecule has 1 fully saturated rings. The molecule has 0 amide bonds. The smallest absolute Gasteiger partial charge is 0.165 e. The van der Waals surface area contributed by atoms with Gasteiger partial charge in [0.25, 0.3) is 0 Å². The van der Waals surface area contributed by atoms with E-state index in [2.05, 4.69) is 26.0 Å². The molecule has 2 atom stereocenters. The zero-order valence-corrected chi connectivity index (χ0v) is 10.8. The quantitative estimate of drug-likeness (QED) is 0.801. The van der Waals surface area contributed by atoms with E-state index >= 15 is 0 Å². The molecule has 0 aliphatic carbocycles. The van der Waals surface area contributed by atoms with Gasteiger partial charge in [-0.05, 0) is 50.3 Å². The fraction of sp³-hybridized carbons (Fsp3) is 0.533. The summed E-state index contributed by atoms with van der Waals surface area (Å²) < 4.78 is 5.63. The molecule has 2 unspecified atom stereocenters. The summed E-state index contributed by atoms with van der Waals surface area (Å²) in [6.07, 6.45) is 2.45. The third-order valence-corrected chi connectivity index (χ3v) is 3.59. The minimum Gasteiger partial charge on any atom is -0.367 e. The third kappa shape index (κ3) is 2.75. The molecule has 1 aromatic rings. The second-order valence-corrected chi connectivity index (χ2v) is 5.03. The molecule has 2 heteroatoms. The van der Waals surface area contributed by atoms with E-state index < -0.39 is 0 Å². The molecule has 0 aromatic heterocycles. The van der Waals surface area contributed by atoms with Gasteiger partial charge in [-0.2, -0.15) is 0 Å². The zero-order valence-electron chi connectivity index (χ0n) is 10.8. The highest BCUT2D eigenvalue weighted by molar-refractivity contribution is 5.86. The predicted molar refractivity (Wildman–Crippen MR) is 68.2 cm³/mol. The summed E-state index contributed by atoms with van der Waals surface area (Å²) in [4.78, 5) is 12.1. The average molecular weight is 232 g/mol. The normalized spacial score (nSPS) is 23.9. The standard InChI is InChI=1S/C15H20O2/c1-10-5-4-6-11(2)13(10)9-14(16)15-8-7-12(3)17-15/h4-6,12,15H,7-9H2,1-3H3. The number of hydrogen-bond donors (Lipinski definition) is 0. The Balaban J connectivity index is 2.08. The fourth-order valence-electron chi connectivity index (χ4n) is 2.46. The minimum absolute atomic E-state index is 0.177. The first-order chi connectivity index (χ1) is 8.08. The molecule has 92 valence electrons. The van der Waals surface area contributed by atoms with Crippen LogP contribution in [0.15, 0.2) is 18.2 Å². The molecule has 2 rings (SSSR count). The highest BCUT2D eigenvalue weighted by Crippen LogP contribution is 2.22. The van der Waals surface area contributed by atoms with Crippen molar-refractivity contribution in [1.82, 2.24) is 0 Å². The number of ether oxygens (including phenoxy) is 1. The molecule has 1 aromatic carbocycles. The number of Topliss-reactive ketones (excluding diaryl/α,β-unsaturated/α-hetero) is 1. The maximum absolute atomic E-state index is 12.1. The van der Waals surface area contributed by atoms with Crippen molar-refractivity contribution in [2.24, 2.45) is 0 Å². The van der Waals surface area contributed by atoms with Crippen LogP contribution in [0.3, 0.4) is 0 Å². The van der Waals surface area contributed by atoms with Gasteiger partial charge in [0.1, 0.15) is 6.10 Å². The Morgan fingerprint density at radius 1 is 1.29 bits per heavy atom. The van der Waals surface area contributed by atoms with Gasteiger partial charge in [0, 0.05) is 6.42 Å². The topological polar surface area (TPSA) is 26.3 Å². The Morgan fingerprint density at radius 3 is 2.47 bits per heavy atom. The van der Waals surface area contributed by atoms with Crippen LogP contribution in [-0.2, 0) is 16.0 Å². The maximum atomic E-state index is 12.1. The fourth-order valence-corrected chi connectivity index (χ4v) is 2.46. The molecule has 0 spiro atoms. The van der Waals surface area contributed by atoms with Crippen LogP contribution in [0.2, 0.25) is 0 Å². The van der Waals surface area contributed by atoms with Crippen LogP contribution in [0.25, 0.3) is 0 Å². The van der Waals surface area contributed by atoms with Crippen LogP contribution in [0.5, 0.6) is 0 Å². The Hall–Kier alpha value is -1.15. The highest BCUT2D eigenvalue weighted by atomic mass is 16.5. The molecule has 0 saturated carbocycles. The van der Waals surface area contributed by atoms with Gasteiger partial charge in [0.05, 0.1) is 6.10 Å². The zero-order chi connectivity index (χ0) is 12.4. The SMILES string of the molecule is Cc1cccc(C)c1CC(=O)C1CCC(C)O1. The van der Waals surface area contributed by atoms with Gasteiger partial charge in [0.2, 0.25) is 0 Å². The van der Waals surface area contributed by atoms with Gasteiger partial charge in [0.15, 0.2) is 5.78 Å². The summed E-state index contributed by atoms with van der Waals surface area (Å²) in [5.41, 5.74) is 3.56. The van der Waals surface area contributed by atoms with Crippen molar-refractivity contribution >= 4 is 5.78 Å². The van der Waals surface area contributed by atoms with Crippen LogP contribution in [0.4, 0.5) is 0 Å². The molecule has 2 nitrogen and oxygen atoms in total. The van der Waals surface area contributed by atoms with Gasteiger partial charge in [-0.15, -0.1) is 0 Å². The summed E-state index contributed by atoms with van der Waals surface area (Å²) in [6.45, 7) is 6.16. The number of rotatable bonds is 3. The van der Waals surface area contributed by atoms with Gasteiger partial charge >= 0.3 is 0 Å². The largest absolute Gasteiger partial charge is 0.367 e. The lowest BCUT2D eigenvalue weighted by Gasteiger charge is -2.13. The lowest BCUT2D eigenvalue weighted by atomic mass is 9.96. The molecule has 1 aliphatic heterocycles. The predicted octanol–water partition coefficient (Wildman–Crippen LogP) is 2.98. The monoisotopic (exact) mass is 232 g/mol. The Morgan fingerprint density at radius 2 is 1.94 bits per heavy atom. The first-order valence-electron chi connectivity index (χ1n) is 6.31. The molecule has 1 aliphatic rings. The molecule has 1 saturated heterocycles. The van der Waals surface area contributed by atoms with Gasteiger partial charge in [-0.1, -0.05) is 18.2 Å². The van der Waals surface area contributed by atoms with Crippen LogP contribution >= 0.6 is 0 Å². The Labute approximate surface area is 103 Å². The van der Waals surface area contributed by atoms with E-state index in [-0.39, 0.29) is 18.0 Å². The lowest BCUT2D eigenvalue weighted by Crippen LogP contribution is -2.23. The Kier molecular flexibility index (Phi) is 3.63. The van der Waals surface area contributed by atoms with E-state index in [1.54, 1.807) is 0 Å². The van der Waals surface area contributed by atoms with Crippen molar-refractivity contribution in [3.8, 4) is 0 Å². The summed E-state index contributed by atoms with van der Waals surface area (Å²) in [5.74, 6) is 0.228. The molecule has 0 bridgehead atoms. The van der Waals surface area contributed by atoms with Crippen molar-refractivity contribution < 1.29 is 9.53 Å². The van der Waals surface area contributed by atoms with Crippen molar-refractivity contribution in [1.29, 1.82) is 0 Å². The van der Waals surface area contributed by atoms with Gasteiger partial charge in [-0.3, -0.25) is 4.79 Å². The molecular formula is C15H20O2. The number of carbonyl (C=O) groups is 1. The van der Waals surface area contributed by atoms with Crippen LogP contribution in [0, 0.1) is 13.8 Å². The molecule has 17 heavy (non-hydrogen) atoms. The van der Waals surface area contributed by atoms with E-state index in [1.165, 1.54) is 16.7 Å². The van der Waals surface area contributed by atoms with E-state index in [0.29, 0.717) is 6.42 Å². The highest BCUT2D eigenvalue weighted by Gasteiger charge is 2.28. The summed E-state index contributed by atoms with van der Waals surface area (Å²) in [5, 5.41) is 0. The van der Waals surface area contributed by atoms with Crippen LogP contribution in [0.1, 0.15) is 36.5 Å². The number of benzene rings is 1. The van der Waals surface area contributed by atoms with Crippen molar-refractivity contribution in [2.75, 3.05) is 0 Å². The van der Waals surface area contributed by atoms with Crippen molar-refractivity contribution in [3.05, 3.63) is 34.9 Å².